The summed E-state index contributed by atoms with van der Waals surface area (Å²) in [5, 5.41) is 0. The first kappa shape index (κ1) is 18.4. The van der Waals surface area contributed by atoms with Gasteiger partial charge in [-0.2, -0.15) is 0 Å². The highest BCUT2D eigenvalue weighted by molar-refractivity contribution is 5.48. The van der Waals surface area contributed by atoms with E-state index in [0.717, 1.165) is 5.57 Å². The second-order valence-electron chi connectivity index (χ2n) is 5.31. The monoisotopic (exact) mass is 302 g/mol. The summed E-state index contributed by atoms with van der Waals surface area (Å²) in [5.41, 5.74) is 4.66. The molecule has 0 N–H and O–H groups in total. The van der Waals surface area contributed by atoms with Crippen LogP contribution >= 0.6 is 0 Å². The number of rotatable bonds is 8. The van der Waals surface area contributed by atoms with Crippen molar-refractivity contribution in [2.75, 3.05) is 0 Å². The molecule has 0 aliphatic carbocycles. The van der Waals surface area contributed by atoms with E-state index >= 15 is 0 Å². The van der Waals surface area contributed by atoms with Crippen molar-refractivity contribution in [3.63, 3.8) is 0 Å². The van der Waals surface area contributed by atoms with Crippen molar-refractivity contribution in [3.05, 3.63) is 121 Å². The molecule has 1 aromatic carbocycles. The van der Waals surface area contributed by atoms with Gasteiger partial charge in [0.25, 0.3) is 0 Å². The Bertz CT molecular complexity index is 649. The van der Waals surface area contributed by atoms with E-state index in [9.17, 15) is 0 Å². The van der Waals surface area contributed by atoms with Gasteiger partial charge in [-0.3, -0.25) is 0 Å². The zero-order chi connectivity index (χ0) is 17.1. The van der Waals surface area contributed by atoms with Crippen molar-refractivity contribution in [1.82, 2.24) is 0 Å². The quantitative estimate of drug-likeness (QED) is 0.468. The molecule has 0 aliphatic heterocycles. The summed E-state index contributed by atoms with van der Waals surface area (Å²) in [6.07, 6.45) is 16.1. The Morgan fingerprint density at radius 2 is 1.65 bits per heavy atom. The normalized spacial score (nSPS) is 14.2. The molecule has 1 rings (SSSR count). The zero-order valence-electron chi connectivity index (χ0n) is 14.2. The predicted molar refractivity (Wildman–Crippen MR) is 105 cm³/mol. The van der Waals surface area contributed by atoms with Crippen LogP contribution in [-0.2, 0) is 0 Å². The van der Waals surface area contributed by atoms with Crippen LogP contribution in [0.5, 0.6) is 0 Å². The average Bonchev–Trinajstić information content (AvgIpc) is 2.56. The van der Waals surface area contributed by atoms with Crippen LogP contribution in [0, 0.1) is 0 Å². The summed E-state index contributed by atoms with van der Waals surface area (Å²) >= 11 is 0. The van der Waals surface area contributed by atoms with Gasteiger partial charge in [0.2, 0.25) is 0 Å². The lowest BCUT2D eigenvalue weighted by molar-refractivity contribution is 0.972. The van der Waals surface area contributed by atoms with E-state index in [1.807, 2.05) is 31.2 Å². The van der Waals surface area contributed by atoms with Crippen molar-refractivity contribution < 1.29 is 0 Å². The van der Waals surface area contributed by atoms with E-state index in [0.29, 0.717) is 0 Å². The SMILES string of the molecule is C=C/C=C\C(=C/C)C(C(/C=C\C(=C)C)=C/C=C)c1ccccc1. The smallest absolute Gasteiger partial charge is 0.0336 e. The molecule has 1 aromatic rings. The van der Waals surface area contributed by atoms with Crippen LogP contribution in [-0.4, -0.2) is 0 Å². The van der Waals surface area contributed by atoms with E-state index in [2.05, 4.69) is 75.2 Å². The molecule has 0 radical (unpaired) electrons. The molecule has 0 aliphatic rings. The molecule has 0 saturated heterocycles. The molecule has 118 valence electrons. The summed E-state index contributed by atoms with van der Waals surface area (Å²) < 4.78 is 0. The van der Waals surface area contributed by atoms with Crippen LogP contribution < -0.4 is 0 Å². The summed E-state index contributed by atoms with van der Waals surface area (Å²) in [7, 11) is 0. The lowest BCUT2D eigenvalue weighted by Crippen LogP contribution is -2.04. The molecule has 0 fully saturated rings. The molecule has 1 atom stereocenters. The predicted octanol–water partition coefficient (Wildman–Crippen LogP) is 6.70. The lowest BCUT2D eigenvalue weighted by atomic mass is 9.83. The lowest BCUT2D eigenvalue weighted by Gasteiger charge is -2.21. The second-order valence-corrected chi connectivity index (χ2v) is 5.31. The average molecular weight is 302 g/mol. The Balaban J connectivity index is 3.45. The van der Waals surface area contributed by atoms with E-state index in [4.69, 9.17) is 0 Å². The Morgan fingerprint density at radius 1 is 0.957 bits per heavy atom. The minimum atomic E-state index is 0.144. The second kappa shape index (κ2) is 10.2. The molecule has 0 amide bonds. The Labute approximate surface area is 141 Å². The molecule has 0 saturated carbocycles. The standard InChI is InChI=1S/C23H26/c1-6-9-14-20(8-3)23(22-15-11-10-12-16-22)21(13-7-2)18-17-19(4)5/h6-18,23H,1-2,4H2,3,5H3/b14-9-,18-17-,20-8+,21-13+. The van der Waals surface area contributed by atoms with Crippen molar-refractivity contribution >= 4 is 0 Å². The molecule has 0 bridgehead atoms. The summed E-state index contributed by atoms with van der Waals surface area (Å²) in [6.45, 7) is 15.6. The van der Waals surface area contributed by atoms with Gasteiger partial charge in [-0.25, -0.2) is 0 Å². The maximum atomic E-state index is 3.95. The molecule has 23 heavy (non-hydrogen) atoms. The van der Waals surface area contributed by atoms with Gasteiger partial charge in [-0.1, -0.05) is 104 Å². The van der Waals surface area contributed by atoms with Gasteiger partial charge in [-0.15, -0.1) is 0 Å². The Kier molecular flexibility index (Phi) is 8.17. The van der Waals surface area contributed by atoms with Crippen LogP contribution in [0.1, 0.15) is 25.3 Å². The highest BCUT2D eigenvalue weighted by Gasteiger charge is 2.17. The van der Waals surface area contributed by atoms with Gasteiger partial charge in [-0.05, 0) is 30.6 Å². The molecule has 0 nitrogen and oxygen atoms in total. The van der Waals surface area contributed by atoms with Crippen LogP contribution in [0.3, 0.4) is 0 Å². The fraction of sp³-hybridized carbons (Fsp3) is 0.130. The third-order valence-corrected chi connectivity index (χ3v) is 3.43. The third-order valence-electron chi connectivity index (χ3n) is 3.43. The van der Waals surface area contributed by atoms with E-state index in [1.54, 1.807) is 6.08 Å². The fourth-order valence-electron chi connectivity index (χ4n) is 2.38. The van der Waals surface area contributed by atoms with E-state index in [1.165, 1.54) is 16.7 Å². The van der Waals surface area contributed by atoms with Gasteiger partial charge in [0, 0.05) is 5.92 Å². The molecule has 1 unspecified atom stereocenters. The molecular weight excluding hydrogens is 276 g/mol. The van der Waals surface area contributed by atoms with Gasteiger partial charge in [0.05, 0.1) is 0 Å². The maximum Gasteiger partial charge on any atom is 0.0336 e. The summed E-state index contributed by atoms with van der Waals surface area (Å²) in [4.78, 5) is 0. The minimum absolute atomic E-state index is 0.144. The largest absolute Gasteiger partial charge is 0.0991 e. The van der Waals surface area contributed by atoms with Crippen LogP contribution in [0.4, 0.5) is 0 Å². The Morgan fingerprint density at radius 3 is 2.17 bits per heavy atom. The van der Waals surface area contributed by atoms with E-state index < -0.39 is 0 Å². The highest BCUT2D eigenvalue weighted by atomic mass is 14.2. The maximum absolute atomic E-state index is 3.95. The van der Waals surface area contributed by atoms with Gasteiger partial charge >= 0.3 is 0 Å². The van der Waals surface area contributed by atoms with Gasteiger partial charge in [0.15, 0.2) is 0 Å². The van der Waals surface area contributed by atoms with Crippen molar-refractivity contribution in [2.24, 2.45) is 0 Å². The third kappa shape index (κ3) is 5.96. The van der Waals surface area contributed by atoms with Crippen LogP contribution in [0.2, 0.25) is 0 Å². The van der Waals surface area contributed by atoms with Crippen molar-refractivity contribution in [1.29, 1.82) is 0 Å². The first-order valence-electron chi connectivity index (χ1n) is 7.80. The first-order valence-corrected chi connectivity index (χ1v) is 7.80. The topological polar surface area (TPSA) is 0 Å². The highest BCUT2D eigenvalue weighted by Crippen LogP contribution is 2.33. The van der Waals surface area contributed by atoms with Crippen LogP contribution in [0.15, 0.2) is 115 Å². The number of allylic oxidation sites excluding steroid dienone is 11. The molecule has 0 aromatic heterocycles. The molecular formula is C23H26. The summed E-state index contributed by atoms with van der Waals surface area (Å²) in [5.74, 6) is 0.144. The molecule has 0 spiro atoms. The first-order chi connectivity index (χ1) is 11.1. The number of hydrogen-bond acceptors (Lipinski definition) is 0. The number of benzene rings is 1. The van der Waals surface area contributed by atoms with E-state index in [-0.39, 0.29) is 5.92 Å². The van der Waals surface area contributed by atoms with Crippen molar-refractivity contribution in [3.8, 4) is 0 Å². The number of hydrogen-bond donors (Lipinski definition) is 0. The van der Waals surface area contributed by atoms with Crippen LogP contribution in [0.25, 0.3) is 0 Å². The molecule has 0 heterocycles. The molecule has 0 heteroatoms. The summed E-state index contributed by atoms with van der Waals surface area (Å²) in [6, 6.07) is 10.5. The van der Waals surface area contributed by atoms with Gasteiger partial charge < -0.3 is 0 Å². The zero-order valence-corrected chi connectivity index (χ0v) is 14.2. The van der Waals surface area contributed by atoms with Crippen molar-refractivity contribution in [2.45, 2.75) is 19.8 Å². The van der Waals surface area contributed by atoms with Gasteiger partial charge in [0.1, 0.15) is 0 Å². The fourth-order valence-corrected chi connectivity index (χ4v) is 2.38. The minimum Gasteiger partial charge on any atom is -0.0991 e. The Hall–Kier alpha value is -2.60.